The third-order valence-corrected chi connectivity index (χ3v) is 1.50. The molecule has 1 aliphatic rings. The molecule has 0 aliphatic carbocycles. The molecule has 0 unspecified atom stereocenters. The predicted molar refractivity (Wildman–Crippen MR) is 75.9 cm³/mol. The molecule has 26 heavy (non-hydrogen) atoms. The molecule has 0 radical (unpaired) electrons. The van der Waals surface area contributed by atoms with Crippen LogP contribution in [0.2, 0.25) is 0 Å². The Morgan fingerprint density at radius 3 is 0.923 bits per heavy atom. The molecule has 0 bridgehead atoms. The van der Waals surface area contributed by atoms with Crippen molar-refractivity contribution in [1.82, 2.24) is 5.32 Å². The minimum Gasteiger partial charge on any atom is -1.00 e. The van der Waals surface area contributed by atoms with Gasteiger partial charge in [0, 0.05) is 13.7 Å². The molecule has 160 valence electrons. The molecule has 0 saturated carbocycles. The summed E-state index contributed by atoms with van der Waals surface area (Å²) in [6, 6.07) is 0. The summed E-state index contributed by atoms with van der Waals surface area (Å²) >= 11 is 0. The second kappa shape index (κ2) is 22.2. The first-order valence-electron chi connectivity index (χ1n) is 6.73. The Balaban J connectivity index is -0.0000000505. The number of hydrogen-bond acceptors (Lipinski definition) is 2. The van der Waals surface area contributed by atoms with Gasteiger partial charge in [-0.3, -0.25) is 0 Å². The maximum absolute atomic E-state index is 9.75. The summed E-state index contributed by atoms with van der Waals surface area (Å²) in [5.74, 6) is 0. The van der Waals surface area contributed by atoms with Gasteiger partial charge >= 0.3 is 73.1 Å². The Bertz CT molecular complexity index is 208. The van der Waals surface area contributed by atoms with Gasteiger partial charge in [-0.2, -0.15) is 0 Å². The molecule has 0 atom stereocenters. The van der Waals surface area contributed by atoms with Crippen LogP contribution in [-0.2, 0) is 4.74 Å². The van der Waals surface area contributed by atoms with E-state index in [2.05, 4.69) is 10.1 Å². The average Bonchev–Trinajstić information content (AvgIpc) is 2.35. The van der Waals surface area contributed by atoms with Crippen molar-refractivity contribution in [2.45, 2.75) is 26.2 Å². The summed E-state index contributed by atoms with van der Waals surface area (Å²) in [6.45, 7) is 5.28. The predicted octanol–water partition coefficient (Wildman–Crippen LogP) is 2.43. The molecule has 1 heterocycles. The van der Waals surface area contributed by atoms with E-state index in [1.165, 1.54) is 32.4 Å². The third-order valence-electron chi connectivity index (χ3n) is 1.50. The van der Waals surface area contributed by atoms with Crippen LogP contribution in [0, 0.1) is 0 Å². The maximum Gasteiger partial charge on any atom is 1.00 e. The second-order valence-corrected chi connectivity index (χ2v) is 3.87. The SMILES string of the molecule is C1CCNCC1.CCOC.F[B-](F)(F)F.F[B-](F)(F)F.F[B-](F)(F)F.[H-].[K+]. The van der Waals surface area contributed by atoms with Crippen LogP contribution in [0.25, 0.3) is 0 Å². The number of ether oxygens (including phenoxy) is 1. The smallest absolute Gasteiger partial charge is 1.00 e. The van der Waals surface area contributed by atoms with E-state index in [4.69, 9.17) is 0 Å². The first-order valence-corrected chi connectivity index (χ1v) is 6.73. The molecule has 0 aromatic rings. The maximum atomic E-state index is 9.75. The molecule has 0 aromatic carbocycles. The number of piperidine rings is 1. The van der Waals surface area contributed by atoms with Gasteiger partial charge in [-0.1, -0.05) is 6.42 Å². The van der Waals surface area contributed by atoms with Gasteiger partial charge in [0.2, 0.25) is 0 Å². The fraction of sp³-hybridized carbons (Fsp3) is 1.00. The quantitative estimate of drug-likeness (QED) is 0.494. The molecule has 2 nitrogen and oxygen atoms in total. The molecule has 0 spiro atoms. The Kier molecular flexibility index (Phi) is 32.1. The third kappa shape index (κ3) is 228. The molecule has 1 rings (SSSR count). The van der Waals surface area contributed by atoms with Crippen LogP contribution in [0.1, 0.15) is 27.6 Å². The zero-order valence-corrected chi connectivity index (χ0v) is 17.5. The number of nitrogens with one attached hydrogen (secondary N) is 1. The Morgan fingerprint density at radius 2 is 0.885 bits per heavy atom. The van der Waals surface area contributed by atoms with Gasteiger partial charge in [0.1, 0.15) is 0 Å². The van der Waals surface area contributed by atoms with Crippen molar-refractivity contribution < 1.29 is 109 Å². The van der Waals surface area contributed by atoms with Gasteiger partial charge in [0.15, 0.2) is 0 Å². The first-order chi connectivity index (χ1) is 10.9. The van der Waals surface area contributed by atoms with E-state index < -0.39 is 21.8 Å². The molecule has 0 aromatic heterocycles. The number of methoxy groups -OCH3 is 1. The number of rotatable bonds is 1. The molecule has 18 heteroatoms. The van der Waals surface area contributed by atoms with E-state index >= 15 is 0 Å². The zero-order chi connectivity index (χ0) is 21.2. The molecule has 1 fully saturated rings. The number of hydrogen-bond donors (Lipinski definition) is 1. The van der Waals surface area contributed by atoms with Crippen molar-refractivity contribution in [2.24, 2.45) is 0 Å². The van der Waals surface area contributed by atoms with Crippen LogP contribution in [0.15, 0.2) is 0 Å². The van der Waals surface area contributed by atoms with Crippen molar-refractivity contribution in [3.05, 3.63) is 0 Å². The molecule has 1 aliphatic heterocycles. The minimum absolute atomic E-state index is 0. The summed E-state index contributed by atoms with van der Waals surface area (Å²) in [6.07, 6.45) is 4.22. The standard InChI is InChI=1S/C5H11N.C3H8O.3BF4.K.H/c1-2-4-6-5-3-1;1-3-4-2;3*2-1(3,4)5;;/h6H,1-5H2;3H2,1-2H3;;;;;/q;;3*-1;+1;-1. The fourth-order valence-electron chi connectivity index (χ4n) is 0.802. The zero-order valence-electron chi connectivity index (χ0n) is 15.4. The number of halogens is 12. The van der Waals surface area contributed by atoms with Gasteiger partial charge in [0.05, 0.1) is 0 Å². The minimum atomic E-state index is -6.00. The van der Waals surface area contributed by atoms with Crippen LogP contribution in [0.4, 0.5) is 51.8 Å². The molecular weight excluding hydrogens is 426 g/mol. The van der Waals surface area contributed by atoms with Crippen LogP contribution < -0.4 is 56.7 Å². The summed E-state index contributed by atoms with van der Waals surface area (Å²) < 4.78 is 122. The van der Waals surface area contributed by atoms with E-state index in [1.807, 2.05) is 6.92 Å². The average molecular weight is 446 g/mol. The molecule has 1 N–H and O–H groups in total. The van der Waals surface area contributed by atoms with Crippen molar-refractivity contribution >= 4 is 21.8 Å². The summed E-state index contributed by atoms with van der Waals surface area (Å²) in [5.41, 5.74) is 0. The van der Waals surface area contributed by atoms with Crippen LogP contribution in [0.3, 0.4) is 0 Å². The molecular formula is C8H20B3F12KNO-3. The van der Waals surface area contributed by atoms with Gasteiger partial charge < -0.3 is 63.3 Å². The monoisotopic (exact) mass is 446 g/mol. The first kappa shape index (κ1) is 37.6. The summed E-state index contributed by atoms with van der Waals surface area (Å²) in [7, 11) is -16.3. The van der Waals surface area contributed by atoms with E-state index in [9.17, 15) is 51.8 Å². The van der Waals surface area contributed by atoms with E-state index in [-0.39, 0.29) is 52.8 Å². The van der Waals surface area contributed by atoms with Crippen molar-refractivity contribution in [2.75, 3.05) is 26.8 Å². The normalized spacial score (nSPS) is 13.6. The molecule has 1 saturated heterocycles. The van der Waals surface area contributed by atoms with Crippen molar-refractivity contribution in [3.63, 3.8) is 0 Å². The van der Waals surface area contributed by atoms with E-state index in [1.54, 1.807) is 7.11 Å². The van der Waals surface area contributed by atoms with E-state index in [0.717, 1.165) is 6.61 Å². The van der Waals surface area contributed by atoms with Gasteiger partial charge in [-0.15, -0.1) is 0 Å². The van der Waals surface area contributed by atoms with E-state index in [0.29, 0.717) is 0 Å². The van der Waals surface area contributed by atoms with Gasteiger partial charge in [0.25, 0.3) is 0 Å². The topological polar surface area (TPSA) is 21.3 Å². The largest absolute Gasteiger partial charge is 1.00 e. The Morgan fingerprint density at radius 1 is 0.692 bits per heavy atom. The fourth-order valence-corrected chi connectivity index (χ4v) is 0.802. The van der Waals surface area contributed by atoms with Gasteiger partial charge in [-0.05, 0) is 32.9 Å². The Labute approximate surface area is 188 Å². The Hall–Kier alpha value is 0.911. The van der Waals surface area contributed by atoms with Crippen molar-refractivity contribution in [1.29, 1.82) is 0 Å². The van der Waals surface area contributed by atoms with Crippen LogP contribution in [-0.4, -0.2) is 48.6 Å². The summed E-state index contributed by atoms with van der Waals surface area (Å²) in [5, 5.41) is 3.28. The van der Waals surface area contributed by atoms with Crippen LogP contribution in [0.5, 0.6) is 0 Å². The van der Waals surface area contributed by atoms with Crippen molar-refractivity contribution in [3.8, 4) is 0 Å². The summed E-state index contributed by atoms with van der Waals surface area (Å²) in [4.78, 5) is 0. The second-order valence-electron chi connectivity index (χ2n) is 3.87. The molecule has 0 amide bonds. The van der Waals surface area contributed by atoms with Gasteiger partial charge in [-0.25, -0.2) is 0 Å². The van der Waals surface area contributed by atoms with Crippen LogP contribution >= 0.6 is 0 Å².